The van der Waals surface area contributed by atoms with Gasteiger partial charge in [-0.3, -0.25) is 14.6 Å². The second-order valence-corrected chi connectivity index (χ2v) is 9.66. The lowest BCUT2D eigenvalue weighted by Gasteiger charge is -2.33. The fraction of sp³-hybridized carbons (Fsp3) is 0.500. The lowest BCUT2D eigenvalue weighted by molar-refractivity contribution is -0.159. The summed E-state index contributed by atoms with van der Waals surface area (Å²) in [6.07, 6.45) is 0. The van der Waals surface area contributed by atoms with Gasteiger partial charge in [-0.15, -0.1) is 0 Å². The van der Waals surface area contributed by atoms with E-state index in [9.17, 15) is 19.6 Å². The van der Waals surface area contributed by atoms with Crippen LogP contribution in [0.2, 0.25) is 0 Å². The van der Waals surface area contributed by atoms with Crippen LogP contribution < -0.4 is 5.32 Å². The Hall–Kier alpha value is -3.47. The maximum Gasteiger partial charge on any atom is 0.329 e. The van der Waals surface area contributed by atoms with Crippen molar-refractivity contribution in [2.45, 2.75) is 66.0 Å². The second kappa shape index (κ2) is 10.6. The van der Waals surface area contributed by atoms with Crippen LogP contribution in [0.1, 0.15) is 65.5 Å². The van der Waals surface area contributed by atoms with E-state index in [-0.39, 0.29) is 11.5 Å². The Bertz CT molecular complexity index is 1070. The molecule has 8 heteroatoms. The quantitative estimate of drug-likeness (QED) is 0.638. The number of hydrogen-bond donors (Lipinski definition) is 1. The molecular formula is C26H33N3O5. The maximum atomic E-state index is 13.7. The van der Waals surface area contributed by atoms with Crippen LogP contribution in [0.15, 0.2) is 40.5 Å². The molecule has 182 valence electrons. The second-order valence-electron chi connectivity index (χ2n) is 9.66. The minimum atomic E-state index is -0.914. The maximum absolute atomic E-state index is 13.7. The van der Waals surface area contributed by atoms with Gasteiger partial charge in [0.15, 0.2) is 0 Å². The Balaban J connectivity index is 2.61. The van der Waals surface area contributed by atoms with E-state index in [2.05, 4.69) is 16.4 Å². The van der Waals surface area contributed by atoms with Gasteiger partial charge >= 0.3 is 11.9 Å². The van der Waals surface area contributed by atoms with Crippen LogP contribution in [-0.4, -0.2) is 42.3 Å². The number of carbonyl (C=O) groups is 3. The highest BCUT2D eigenvalue weighted by Gasteiger charge is 2.43. The first-order chi connectivity index (χ1) is 15.8. The number of nitrogens with one attached hydrogen (secondary N) is 1. The summed E-state index contributed by atoms with van der Waals surface area (Å²) in [5.74, 6) is -3.64. The van der Waals surface area contributed by atoms with Gasteiger partial charge in [0.2, 0.25) is 5.91 Å². The molecule has 2 unspecified atom stereocenters. The number of nitriles is 1. The Morgan fingerprint density at radius 1 is 1.15 bits per heavy atom. The molecule has 1 N–H and O–H groups in total. The molecule has 0 fully saturated rings. The van der Waals surface area contributed by atoms with Crippen molar-refractivity contribution in [2.75, 3.05) is 7.11 Å². The van der Waals surface area contributed by atoms with Crippen molar-refractivity contribution in [1.29, 1.82) is 5.26 Å². The molecule has 1 amide bonds. The number of aliphatic imine (C=N–C) groups is 1. The largest absolute Gasteiger partial charge is 0.468 e. The lowest BCUT2D eigenvalue weighted by atomic mass is 9.74. The van der Waals surface area contributed by atoms with Crippen LogP contribution in [0.25, 0.3) is 0 Å². The Kier molecular flexibility index (Phi) is 8.38. The van der Waals surface area contributed by atoms with E-state index in [0.29, 0.717) is 22.5 Å². The zero-order chi connectivity index (χ0) is 25.8. The third-order valence-electron chi connectivity index (χ3n) is 5.56. The van der Waals surface area contributed by atoms with Gasteiger partial charge in [0, 0.05) is 22.9 Å². The SMILES string of the molecule is COC(=O)C1C(C)=NC(C)=C(C(=O)N[C@H](C(=O)OC(C)(C)C)C(C)C)C1c1ccccc1C#N. The molecule has 0 spiro atoms. The van der Waals surface area contributed by atoms with Crippen molar-refractivity contribution >= 4 is 23.6 Å². The number of carbonyl (C=O) groups excluding carboxylic acids is 3. The third kappa shape index (κ3) is 5.90. The molecule has 1 heterocycles. The minimum Gasteiger partial charge on any atom is -0.468 e. The van der Waals surface area contributed by atoms with Gasteiger partial charge in [-0.05, 0) is 52.2 Å². The van der Waals surface area contributed by atoms with Crippen molar-refractivity contribution in [2.24, 2.45) is 16.8 Å². The van der Waals surface area contributed by atoms with Crippen LogP contribution in [0, 0.1) is 23.2 Å². The van der Waals surface area contributed by atoms with Crippen LogP contribution in [0.4, 0.5) is 0 Å². The van der Waals surface area contributed by atoms with E-state index in [1.807, 2.05) is 0 Å². The predicted molar refractivity (Wildman–Crippen MR) is 128 cm³/mol. The molecule has 0 aromatic heterocycles. The van der Waals surface area contributed by atoms with Gasteiger partial charge in [0.25, 0.3) is 0 Å². The summed E-state index contributed by atoms with van der Waals surface area (Å²) in [4.78, 5) is 43.8. The van der Waals surface area contributed by atoms with Gasteiger partial charge in [0.1, 0.15) is 17.6 Å². The zero-order valence-electron chi connectivity index (χ0n) is 21.1. The molecule has 1 aromatic carbocycles. The molecule has 1 aromatic rings. The zero-order valence-corrected chi connectivity index (χ0v) is 21.1. The smallest absolute Gasteiger partial charge is 0.329 e. The molecule has 0 saturated carbocycles. The van der Waals surface area contributed by atoms with Crippen LogP contribution >= 0.6 is 0 Å². The molecule has 2 rings (SSSR count). The van der Waals surface area contributed by atoms with E-state index in [0.717, 1.165) is 0 Å². The molecule has 0 radical (unpaired) electrons. The number of amides is 1. The topological polar surface area (TPSA) is 118 Å². The molecule has 1 aliphatic heterocycles. The summed E-state index contributed by atoms with van der Waals surface area (Å²) >= 11 is 0. The highest BCUT2D eigenvalue weighted by molar-refractivity contribution is 6.08. The molecule has 0 aliphatic carbocycles. The molecule has 34 heavy (non-hydrogen) atoms. The summed E-state index contributed by atoms with van der Waals surface area (Å²) in [5.41, 5.74) is 1.21. The van der Waals surface area contributed by atoms with Crippen LogP contribution in [0.5, 0.6) is 0 Å². The standard InChI is InChI=1S/C26H33N3O5/c1-14(2)22(25(32)34-26(5,6)7)29-23(30)19-15(3)28-16(4)20(24(31)33-8)21(19)18-12-10-9-11-17(18)13-27/h9-12,14,20-22H,1-8H3,(H,29,30)/t20?,21?,22-/m0/s1. The van der Waals surface area contributed by atoms with Crippen molar-refractivity contribution in [3.63, 3.8) is 0 Å². The number of esters is 2. The van der Waals surface area contributed by atoms with E-state index in [4.69, 9.17) is 9.47 Å². The van der Waals surface area contributed by atoms with Crippen LogP contribution in [0.3, 0.4) is 0 Å². The lowest BCUT2D eigenvalue weighted by Crippen LogP contribution is -2.49. The van der Waals surface area contributed by atoms with Gasteiger partial charge in [0.05, 0.1) is 18.7 Å². The number of ether oxygens (including phenoxy) is 2. The Labute approximate surface area is 201 Å². The summed E-state index contributed by atoms with van der Waals surface area (Å²) in [5, 5.41) is 12.5. The van der Waals surface area contributed by atoms with Crippen molar-refractivity contribution < 1.29 is 23.9 Å². The van der Waals surface area contributed by atoms with Gasteiger partial charge in [-0.1, -0.05) is 32.0 Å². The highest BCUT2D eigenvalue weighted by Crippen LogP contribution is 2.41. The average molecular weight is 468 g/mol. The fourth-order valence-corrected chi connectivity index (χ4v) is 4.05. The molecule has 1 aliphatic rings. The summed E-state index contributed by atoms with van der Waals surface area (Å²) in [6, 6.07) is 8.03. The number of methoxy groups -OCH3 is 1. The molecule has 0 bridgehead atoms. The molecule has 8 nitrogen and oxygen atoms in total. The van der Waals surface area contributed by atoms with Gasteiger partial charge < -0.3 is 14.8 Å². The van der Waals surface area contributed by atoms with Crippen LogP contribution in [-0.2, 0) is 23.9 Å². The van der Waals surface area contributed by atoms with E-state index in [1.165, 1.54) is 7.11 Å². The van der Waals surface area contributed by atoms with Crippen molar-refractivity contribution in [1.82, 2.24) is 5.32 Å². The summed E-state index contributed by atoms with van der Waals surface area (Å²) in [7, 11) is 1.27. The number of hydrogen-bond acceptors (Lipinski definition) is 7. The first kappa shape index (κ1) is 26.8. The fourth-order valence-electron chi connectivity index (χ4n) is 4.05. The normalized spacial score (nSPS) is 19.1. The van der Waals surface area contributed by atoms with Crippen molar-refractivity contribution in [3.8, 4) is 6.07 Å². The molecular weight excluding hydrogens is 434 g/mol. The predicted octanol–water partition coefficient (Wildman–Crippen LogP) is 3.66. The highest BCUT2D eigenvalue weighted by atomic mass is 16.6. The first-order valence-electron chi connectivity index (χ1n) is 11.2. The Morgan fingerprint density at radius 3 is 2.29 bits per heavy atom. The number of allylic oxidation sites excluding steroid dienone is 1. The molecule has 0 saturated heterocycles. The first-order valence-corrected chi connectivity index (χ1v) is 11.2. The minimum absolute atomic E-state index is 0.206. The van der Waals surface area contributed by atoms with E-state index < -0.39 is 41.3 Å². The number of nitrogens with zero attached hydrogens (tertiary/aromatic N) is 2. The van der Waals surface area contributed by atoms with Crippen molar-refractivity contribution in [3.05, 3.63) is 46.7 Å². The average Bonchev–Trinajstić information content (AvgIpc) is 2.74. The van der Waals surface area contributed by atoms with Gasteiger partial charge in [-0.2, -0.15) is 5.26 Å². The van der Waals surface area contributed by atoms with E-state index in [1.54, 1.807) is 72.7 Å². The van der Waals surface area contributed by atoms with Gasteiger partial charge in [-0.25, -0.2) is 4.79 Å². The summed E-state index contributed by atoms with van der Waals surface area (Å²) < 4.78 is 10.5. The van der Waals surface area contributed by atoms with E-state index >= 15 is 0 Å². The Morgan fingerprint density at radius 2 is 1.76 bits per heavy atom. The monoisotopic (exact) mass is 467 g/mol. The number of benzene rings is 1. The third-order valence-corrected chi connectivity index (χ3v) is 5.56. The summed E-state index contributed by atoms with van der Waals surface area (Å²) in [6.45, 7) is 12.2. The molecule has 3 atom stereocenters. The number of rotatable bonds is 6.